The molecule has 1 unspecified atom stereocenters. The van der Waals surface area contributed by atoms with Crippen LogP contribution in [-0.2, 0) is 0 Å². The van der Waals surface area contributed by atoms with Crippen LogP contribution in [0.15, 0.2) is 24.3 Å². The highest BCUT2D eigenvalue weighted by Gasteiger charge is 2.10. The molecule has 18 heavy (non-hydrogen) atoms. The Morgan fingerprint density at radius 3 is 2.50 bits per heavy atom. The van der Waals surface area contributed by atoms with Crippen molar-refractivity contribution >= 4 is 5.91 Å². The van der Waals surface area contributed by atoms with Crippen molar-refractivity contribution in [3.05, 3.63) is 29.8 Å². The van der Waals surface area contributed by atoms with Gasteiger partial charge in [0.2, 0.25) is 0 Å². The normalized spacial score (nSPS) is 12.1. The highest BCUT2D eigenvalue weighted by Crippen LogP contribution is 2.11. The lowest BCUT2D eigenvalue weighted by Crippen LogP contribution is -2.29. The molecule has 0 fully saturated rings. The van der Waals surface area contributed by atoms with Crippen molar-refractivity contribution in [2.45, 2.75) is 26.2 Å². The lowest BCUT2D eigenvalue weighted by Gasteiger charge is -2.15. The molecule has 0 saturated carbocycles. The minimum Gasteiger partial charge on any atom is -0.508 e. The van der Waals surface area contributed by atoms with Gasteiger partial charge in [0.25, 0.3) is 5.91 Å². The van der Waals surface area contributed by atoms with Gasteiger partial charge >= 0.3 is 0 Å². The number of aliphatic hydroxyl groups excluding tert-OH is 1. The van der Waals surface area contributed by atoms with E-state index in [1.807, 2.05) is 0 Å². The van der Waals surface area contributed by atoms with Crippen molar-refractivity contribution in [1.29, 1.82) is 0 Å². The van der Waals surface area contributed by atoms with Crippen molar-refractivity contribution in [1.82, 2.24) is 5.32 Å². The van der Waals surface area contributed by atoms with E-state index in [9.17, 15) is 4.79 Å². The van der Waals surface area contributed by atoms with E-state index in [1.165, 1.54) is 12.1 Å². The molecule has 0 radical (unpaired) electrons. The van der Waals surface area contributed by atoms with E-state index < -0.39 is 0 Å². The number of aromatic hydroxyl groups is 1. The molecule has 0 saturated heterocycles. The van der Waals surface area contributed by atoms with Crippen LogP contribution in [0.1, 0.15) is 36.5 Å². The van der Waals surface area contributed by atoms with Crippen molar-refractivity contribution in [3.8, 4) is 5.75 Å². The van der Waals surface area contributed by atoms with Crippen LogP contribution >= 0.6 is 0 Å². The highest BCUT2D eigenvalue weighted by atomic mass is 16.3. The number of hydrogen-bond acceptors (Lipinski definition) is 3. The molecule has 4 heteroatoms. The molecule has 0 aliphatic carbocycles. The van der Waals surface area contributed by atoms with Gasteiger partial charge in [-0.25, -0.2) is 0 Å². The number of aliphatic hydroxyl groups is 1. The van der Waals surface area contributed by atoms with Gasteiger partial charge in [-0.15, -0.1) is 0 Å². The van der Waals surface area contributed by atoms with E-state index in [-0.39, 0.29) is 18.3 Å². The summed E-state index contributed by atoms with van der Waals surface area (Å²) in [6, 6.07) is 6.16. The average Bonchev–Trinajstić information content (AvgIpc) is 2.37. The standard InChI is InChI=1S/C14H21NO3/c1-2-3-11(8-9-16)10-15-14(18)12-4-6-13(17)7-5-12/h4-7,11,16-17H,2-3,8-10H2,1H3,(H,15,18). The fourth-order valence-corrected chi connectivity index (χ4v) is 1.89. The minimum atomic E-state index is -0.144. The van der Waals surface area contributed by atoms with Crippen LogP contribution in [0.5, 0.6) is 5.75 Å². The lowest BCUT2D eigenvalue weighted by atomic mass is 10.00. The monoisotopic (exact) mass is 251 g/mol. The topological polar surface area (TPSA) is 69.6 Å². The number of rotatable bonds is 7. The number of nitrogens with one attached hydrogen (secondary N) is 1. The number of carbonyl (C=O) groups is 1. The summed E-state index contributed by atoms with van der Waals surface area (Å²) in [5, 5.41) is 20.9. The molecule has 1 aromatic rings. The maximum Gasteiger partial charge on any atom is 0.251 e. The first-order chi connectivity index (χ1) is 8.67. The zero-order valence-corrected chi connectivity index (χ0v) is 10.7. The zero-order valence-electron chi connectivity index (χ0n) is 10.7. The highest BCUT2D eigenvalue weighted by molar-refractivity contribution is 5.94. The predicted octanol–water partition coefficient (Wildman–Crippen LogP) is 1.92. The van der Waals surface area contributed by atoms with Crippen LogP contribution in [0.2, 0.25) is 0 Å². The molecule has 0 spiro atoms. The third-order valence-electron chi connectivity index (χ3n) is 2.92. The fraction of sp³-hybridized carbons (Fsp3) is 0.500. The zero-order chi connectivity index (χ0) is 13.4. The van der Waals surface area contributed by atoms with E-state index in [4.69, 9.17) is 10.2 Å². The van der Waals surface area contributed by atoms with Crippen LogP contribution in [0.4, 0.5) is 0 Å². The van der Waals surface area contributed by atoms with E-state index in [2.05, 4.69) is 12.2 Å². The molecule has 1 atom stereocenters. The second-order valence-electron chi connectivity index (χ2n) is 4.42. The van der Waals surface area contributed by atoms with Crippen molar-refractivity contribution in [3.63, 3.8) is 0 Å². The number of amides is 1. The van der Waals surface area contributed by atoms with Gasteiger partial charge in [-0.2, -0.15) is 0 Å². The van der Waals surface area contributed by atoms with Gasteiger partial charge in [-0.05, 0) is 43.0 Å². The minimum absolute atomic E-state index is 0.144. The summed E-state index contributed by atoms with van der Waals surface area (Å²) in [6.45, 7) is 2.82. The molecule has 100 valence electrons. The van der Waals surface area contributed by atoms with Crippen molar-refractivity contribution < 1.29 is 15.0 Å². The summed E-state index contributed by atoms with van der Waals surface area (Å²) in [6.07, 6.45) is 2.75. The van der Waals surface area contributed by atoms with Crippen molar-refractivity contribution in [2.24, 2.45) is 5.92 Å². The van der Waals surface area contributed by atoms with E-state index in [0.717, 1.165) is 12.8 Å². The summed E-state index contributed by atoms with van der Waals surface area (Å²) in [7, 11) is 0. The molecular formula is C14H21NO3. The smallest absolute Gasteiger partial charge is 0.251 e. The summed E-state index contributed by atoms with van der Waals surface area (Å²) >= 11 is 0. The third kappa shape index (κ3) is 4.75. The van der Waals surface area contributed by atoms with E-state index >= 15 is 0 Å². The van der Waals surface area contributed by atoms with Gasteiger partial charge in [0, 0.05) is 18.7 Å². The molecule has 1 aromatic carbocycles. The average molecular weight is 251 g/mol. The SMILES string of the molecule is CCCC(CCO)CNC(=O)c1ccc(O)cc1. The quantitative estimate of drug-likeness (QED) is 0.693. The molecule has 1 amide bonds. The molecule has 0 bridgehead atoms. The summed E-state index contributed by atoms with van der Waals surface area (Å²) in [4.78, 5) is 11.8. The predicted molar refractivity (Wildman–Crippen MR) is 70.5 cm³/mol. The van der Waals surface area contributed by atoms with Gasteiger partial charge in [0.1, 0.15) is 5.75 Å². The molecule has 3 N–H and O–H groups in total. The Morgan fingerprint density at radius 2 is 1.94 bits per heavy atom. The molecule has 4 nitrogen and oxygen atoms in total. The Balaban J connectivity index is 2.46. The number of carbonyl (C=O) groups excluding carboxylic acids is 1. The molecule has 0 heterocycles. The largest absolute Gasteiger partial charge is 0.508 e. The Labute approximate surface area is 108 Å². The summed E-state index contributed by atoms with van der Waals surface area (Å²) in [5.74, 6) is 0.325. The second-order valence-corrected chi connectivity index (χ2v) is 4.42. The molecule has 0 aliphatic rings. The summed E-state index contributed by atoms with van der Waals surface area (Å²) < 4.78 is 0. The number of benzene rings is 1. The maximum atomic E-state index is 11.8. The Morgan fingerprint density at radius 1 is 1.28 bits per heavy atom. The van der Waals surface area contributed by atoms with Crippen LogP contribution in [-0.4, -0.2) is 29.3 Å². The van der Waals surface area contributed by atoms with Crippen molar-refractivity contribution in [2.75, 3.05) is 13.2 Å². The van der Waals surface area contributed by atoms with Gasteiger partial charge in [0.15, 0.2) is 0 Å². The second kappa shape index (κ2) is 7.71. The first-order valence-corrected chi connectivity index (χ1v) is 6.35. The van der Waals surface area contributed by atoms with E-state index in [0.29, 0.717) is 24.4 Å². The molecule has 0 aromatic heterocycles. The number of phenolic OH excluding ortho intramolecular Hbond substituents is 1. The Kier molecular flexibility index (Phi) is 6.22. The lowest BCUT2D eigenvalue weighted by molar-refractivity contribution is 0.0943. The number of hydrogen-bond donors (Lipinski definition) is 3. The van der Waals surface area contributed by atoms with Gasteiger partial charge in [-0.3, -0.25) is 4.79 Å². The van der Waals surface area contributed by atoms with Crippen LogP contribution < -0.4 is 5.32 Å². The van der Waals surface area contributed by atoms with Crippen LogP contribution in [0.3, 0.4) is 0 Å². The Hall–Kier alpha value is -1.55. The first kappa shape index (κ1) is 14.5. The molecule has 1 rings (SSSR count). The van der Waals surface area contributed by atoms with Gasteiger partial charge < -0.3 is 15.5 Å². The van der Waals surface area contributed by atoms with Gasteiger partial charge in [-0.1, -0.05) is 13.3 Å². The first-order valence-electron chi connectivity index (χ1n) is 6.35. The van der Waals surface area contributed by atoms with Crippen LogP contribution in [0, 0.1) is 5.92 Å². The van der Waals surface area contributed by atoms with E-state index in [1.54, 1.807) is 12.1 Å². The molecule has 0 aliphatic heterocycles. The van der Waals surface area contributed by atoms with Crippen LogP contribution in [0.25, 0.3) is 0 Å². The third-order valence-corrected chi connectivity index (χ3v) is 2.92. The molecular weight excluding hydrogens is 230 g/mol. The fourth-order valence-electron chi connectivity index (χ4n) is 1.89. The number of phenols is 1. The maximum absolute atomic E-state index is 11.8. The van der Waals surface area contributed by atoms with Gasteiger partial charge in [0.05, 0.1) is 0 Å². The summed E-state index contributed by atoms with van der Waals surface area (Å²) in [5.41, 5.74) is 0.534. The Bertz CT molecular complexity index is 356.